The SMILES string of the molecule is Brc1ccccc1N1B2Nc3ccccc3-c3cccc(c32)-c2ccccc21. The molecule has 0 radical (unpaired) electrons. The van der Waals surface area contributed by atoms with E-state index in [9.17, 15) is 0 Å². The zero-order valence-corrected chi connectivity index (χ0v) is 16.6. The van der Waals surface area contributed by atoms with E-state index in [0.717, 1.165) is 10.2 Å². The van der Waals surface area contributed by atoms with Crippen LogP contribution in [0.4, 0.5) is 17.1 Å². The van der Waals surface area contributed by atoms with Gasteiger partial charge in [-0.3, -0.25) is 0 Å². The largest absolute Gasteiger partial charge is 0.414 e. The second kappa shape index (κ2) is 6.01. The molecule has 0 unspecified atom stereocenters. The van der Waals surface area contributed by atoms with E-state index in [4.69, 9.17) is 0 Å². The van der Waals surface area contributed by atoms with E-state index >= 15 is 0 Å². The van der Waals surface area contributed by atoms with Gasteiger partial charge in [-0.2, -0.15) is 0 Å². The zero-order valence-electron chi connectivity index (χ0n) is 15.1. The van der Waals surface area contributed by atoms with E-state index in [1.54, 1.807) is 0 Å². The van der Waals surface area contributed by atoms with Gasteiger partial charge in [0, 0.05) is 32.7 Å². The molecule has 0 aromatic heterocycles. The van der Waals surface area contributed by atoms with Crippen LogP contribution < -0.4 is 15.5 Å². The predicted molar refractivity (Wildman–Crippen MR) is 123 cm³/mol. The standard InChI is InChI=1S/C24H16BBrN2/c26-20-12-3-6-15-23(20)28-22-14-5-2-9-17(22)19-11-7-10-18-16-8-1-4-13-21(16)27-25(28)24(18)19/h1-15,27H. The zero-order chi connectivity index (χ0) is 18.7. The third kappa shape index (κ3) is 2.15. The monoisotopic (exact) mass is 422 g/mol. The van der Waals surface area contributed by atoms with Crippen LogP contribution in [0, 0.1) is 0 Å². The Morgan fingerprint density at radius 1 is 0.607 bits per heavy atom. The van der Waals surface area contributed by atoms with Crippen molar-refractivity contribution in [2.24, 2.45) is 0 Å². The molecule has 0 spiro atoms. The van der Waals surface area contributed by atoms with Gasteiger partial charge in [-0.1, -0.05) is 66.7 Å². The highest BCUT2D eigenvalue weighted by molar-refractivity contribution is 9.10. The van der Waals surface area contributed by atoms with Crippen molar-refractivity contribution in [3.8, 4) is 22.3 Å². The summed E-state index contributed by atoms with van der Waals surface area (Å²) in [4.78, 5) is 2.42. The van der Waals surface area contributed by atoms with Gasteiger partial charge in [0.15, 0.2) is 0 Å². The average Bonchev–Trinajstić information content (AvgIpc) is 2.75. The molecule has 28 heavy (non-hydrogen) atoms. The summed E-state index contributed by atoms with van der Waals surface area (Å²) >= 11 is 3.78. The Bertz CT molecular complexity index is 1220. The third-order valence-corrected chi connectivity index (χ3v) is 6.38. The van der Waals surface area contributed by atoms with Gasteiger partial charge >= 0.3 is 6.98 Å². The molecule has 1 N–H and O–H groups in total. The quantitative estimate of drug-likeness (QED) is 0.375. The number of para-hydroxylation sites is 3. The first-order valence-corrected chi connectivity index (χ1v) is 10.2. The number of anilines is 3. The fraction of sp³-hybridized carbons (Fsp3) is 0. The van der Waals surface area contributed by atoms with Gasteiger partial charge in [0.25, 0.3) is 0 Å². The number of hydrogen-bond acceptors (Lipinski definition) is 2. The second-order valence-electron chi connectivity index (χ2n) is 7.20. The van der Waals surface area contributed by atoms with Crippen molar-refractivity contribution >= 4 is 45.4 Å². The summed E-state index contributed by atoms with van der Waals surface area (Å²) in [5.41, 5.74) is 10.0. The lowest BCUT2D eigenvalue weighted by Gasteiger charge is -2.42. The second-order valence-corrected chi connectivity index (χ2v) is 8.05. The molecule has 2 aliphatic heterocycles. The Morgan fingerprint density at radius 2 is 1.21 bits per heavy atom. The minimum Gasteiger partial charge on any atom is -0.405 e. The van der Waals surface area contributed by atoms with Crippen LogP contribution in [0.3, 0.4) is 0 Å². The molecule has 0 atom stereocenters. The highest BCUT2D eigenvalue weighted by atomic mass is 79.9. The first kappa shape index (κ1) is 16.0. The van der Waals surface area contributed by atoms with Gasteiger partial charge in [0.2, 0.25) is 0 Å². The van der Waals surface area contributed by atoms with Gasteiger partial charge in [-0.05, 0) is 56.8 Å². The Kier molecular flexibility index (Phi) is 3.44. The molecule has 0 saturated carbocycles. The van der Waals surface area contributed by atoms with Crippen molar-refractivity contribution in [3.05, 3.63) is 95.5 Å². The Balaban J connectivity index is 1.71. The number of hydrogen-bond donors (Lipinski definition) is 1. The molecule has 4 heteroatoms. The van der Waals surface area contributed by atoms with Crippen LogP contribution in [0.1, 0.15) is 0 Å². The lowest BCUT2D eigenvalue weighted by molar-refractivity contribution is 1.33. The number of halogens is 1. The minimum atomic E-state index is 0.0368. The first-order chi connectivity index (χ1) is 13.8. The highest BCUT2D eigenvalue weighted by Crippen LogP contribution is 2.45. The van der Waals surface area contributed by atoms with E-state index in [2.05, 4.69) is 117 Å². The van der Waals surface area contributed by atoms with Gasteiger partial charge in [-0.15, -0.1) is 0 Å². The van der Waals surface area contributed by atoms with Crippen LogP contribution in [-0.4, -0.2) is 6.98 Å². The fourth-order valence-electron chi connectivity index (χ4n) is 4.55. The average molecular weight is 423 g/mol. The summed E-state index contributed by atoms with van der Waals surface area (Å²) in [6, 6.07) is 32.4. The van der Waals surface area contributed by atoms with Crippen LogP contribution in [0.15, 0.2) is 95.5 Å². The Labute approximate surface area is 173 Å². The molecule has 4 aromatic rings. The van der Waals surface area contributed by atoms with Gasteiger partial charge in [-0.25, -0.2) is 0 Å². The van der Waals surface area contributed by atoms with Crippen molar-refractivity contribution in [2.45, 2.75) is 0 Å². The Morgan fingerprint density at radius 3 is 2.04 bits per heavy atom. The van der Waals surface area contributed by atoms with Gasteiger partial charge in [0.1, 0.15) is 0 Å². The van der Waals surface area contributed by atoms with E-state index in [0.29, 0.717) is 0 Å². The lowest BCUT2D eigenvalue weighted by Crippen LogP contribution is -2.57. The number of benzene rings is 4. The third-order valence-electron chi connectivity index (χ3n) is 5.71. The van der Waals surface area contributed by atoms with Crippen LogP contribution in [-0.2, 0) is 0 Å². The summed E-state index contributed by atoms with van der Waals surface area (Å²) in [5.74, 6) is 0. The fourth-order valence-corrected chi connectivity index (χ4v) is 5.03. The van der Waals surface area contributed by atoms with Gasteiger partial charge < -0.3 is 10.0 Å². The molecule has 132 valence electrons. The lowest BCUT2D eigenvalue weighted by atomic mass is 9.55. The molecule has 4 aromatic carbocycles. The minimum absolute atomic E-state index is 0.0368. The topological polar surface area (TPSA) is 15.3 Å². The molecule has 0 fully saturated rings. The summed E-state index contributed by atoms with van der Waals surface area (Å²) < 4.78 is 1.09. The van der Waals surface area contributed by atoms with E-state index in [1.165, 1.54) is 39.1 Å². The molecular weight excluding hydrogens is 407 g/mol. The van der Waals surface area contributed by atoms with Gasteiger partial charge in [0.05, 0.1) is 0 Å². The number of rotatable bonds is 1. The molecule has 0 saturated heterocycles. The predicted octanol–water partition coefficient (Wildman–Crippen LogP) is 6.06. The summed E-state index contributed by atoms with van der Waals surface area (Å²) in [6.07, 6.45) is 0. The molecule has 0 bridgehead atoms. The molecule has 0 amide bonds. The Hall–Kier alpha value is -2.98. The van der Waals surface area contributed by atoms with Crippen molar-refractivity contribution in [1.82, 2.24) is 0 Å². The molecule has 6 rings (SSSR count). The maximum atomic E-state index is 3.82. The van der Waals surface area contributed by atoms with Crippen LogP contribution in [0.2, 0.25) is 0 Å². The van der Waals surface area contributed by atoms with E-state index in [1.807, 2.05) is 0 Å². The summed E-state index contributed by atoms with van der Waals surface area (Å²) in [7, 11) is 0. The summed E-state index contributed by atoms with van der Waals surface area (Å²) in [6.45, 7) is 0.0368. The number of nitrogens with one attached hydrogen (secondary N) is 1. The van der Waals surface area contributed by atoms with Crippen LogP contribution >= 0.6 is 15.9 Å². The van der Waals surface area contributed by atoms with Crippen LogP contribution in [0.25, 0.3) is 22.3 Å². The van der Waals surface area contributed by atoms with E-state index in [-0.39, 0.29) is 6.98 Å². The van der Waals surface area contributed by atoms with Crippen molar-refractivity contribution in [2.75, 3.05) is 10.0 Å². The number of nitrogens with zero attached hydrogens (tertiary/aromatic N) is 1. The maximum Gasteiger partial charge on any atom is 0.414 e. The summed E-state index contributed by atoms with van der Waals surface area (Å²) in [5, 5.41) is 3.82. The van der Waals surface area contributed by atoms with Crippen molar-refractivity contribution in [3.63, 3.8) is 0 Å². The normalized spacial score (nSPS) is 13.3. The van der Waals surface area contributed by atoms with Crippen molar-refractivity contribution < 1.29 is 0 Å². The van der Waals surface area contributed by atoms with Crippen LogP contribution in [0.5, 0.6) is 0 Å². The molecule has 2 aliphatic rings. The molecule has 2 nitrogen and oxygen atoms in total. The molecular formula is C24H16BBrN2. The number of fused-ring (bicyclic) bond motifs is 4. The first-order valence-electron chi connectivity index (χ1n) is 9.45. The molecule has 0 aliphatic carbocycles. The van der Waals surface area contributed by atoms with E-state index < -0.39 is 0 Å². The van der Waals surface area contributed by atoms with Crippen molar-refractivity contribution in [1.29, 1.82) is 0 Å². The molecule has 2 heterocycles. The maximum absolute atomic E-state index is 3.82. The highest BCUT2D eigenvalue weighted by Gasteiger charge is 2.41. The smallest absolute Gasteiger partial charge is 0.405 e.